The molecule has 1 unspecified atom stereocenters. The topological polar surface area (TPSA) is 49.8 Å². The molecular weight excluding hydrogens is 416 g/mol. The van der Waals surface area contributed by atoms with Crippen molar-refractivity contribution >= 4 is 40.9 Å². The Morgan fingerprint density at radius 1 is 1.38 bits per heavy atom. The first-order valence-electron chi connectivity index (χ1n) is 9.06. The van der Waals surface area contributed by atoms with Gasteiger partial charge in [-0.2, -0.15) is 4.39 Å². The lowest BCUT2D eigenvalue weighted by Gasteiger charge is -2.28. The third-order valence-corrected chi connectivity index (χ3v) is 6.70. The molecular formula is C21H21F2NO3S2. The Bertz CT molecular complexity index is 919. The number of fused-ring (bicyclic) bond motifs is 1. The van der Waals surface area contributed by atoms with Gasteiger partial charge in [0.2, 0.25) is 5.83 Å². The Morgan fingerprint density at radius 3 is 2.72 bits per heavy atom. The van der Waals surface area contributed by atoms with Crippen molar-refractivity contribution in [1.29, 1.82) is 0 Å². The van der Waals surface area contributed by atoms with Crippen LogP contribution >= 0.6 is 23.5 Å². The van der Waals surface area contributed by atoms with Crippen LogP contribution in [0.25, 0.3) is 0 Å². The number of carbonyl (C=O) groups is 1. The van der Waals surface area contributed by atoms with Gasteiger partial charge in [-0.25, -0.2) is 9.18 Å². The molecule has 4 nitrogen and oxygen atoms in total. The van der Waals surface area contributed by atoms with Gasteiger partial charge in [-0.15, -0.1) is 23.5 Å². The second-order valence-electron chi connectivity index (χ2n) is 6.53. The van der Waals surface area contributed by atoms with Gasteiger partial charge in [-0.3, -0.25) is 0 Å². The van der Waals surface area contributed by atoms with E-state index in [0.29, 0.717) is 17.9 Å². The highest BCUT2D eigenvalue weighted by molar-refractivity contribution is 7.99. The molecule has 2 aromatic carbocycles. The Labute approximate surface area is 176 Å². The first kappa shape index (κ1) is 21.5. The van der Waals surface area contributed by atoms with Crippen molar-refractivity contribution in [2.75, 3.05) is 23.5 Å². The van der Waals surface area contributed by atoms with Gasteiger partial charge in [0.1, 0.15) is 17.8 Å². The number of halogens is 2. The van der Waals surface area contributed by atoms with E-state index >= 15 is 0 Å². The number of nitrogens with zero attached hydrogens (tertiary/aromatic N) is 1. The number of hydrogen-bond acceptors (Lipinski definition) is 5. The lowest BCUT2D eigenvalue weighted by molar-refractivity contribution is -0.134. The van der Waals surface area contributed by atoms with E-state index in [1.54, 1.807) is 23.9 Å². The lowest BCUT2D eigenvalue weighted by Crippen LogP contribution is -2.24. The highest BCUT2D eigenvalue weighted by atomic mass is 32.2. The maximum absolute atomic E-state index is 13.4. The maximum atomic E-state index is 13.4. The van der Waals surface area contributed by atoms with Crippen LogP contribution in [0.3, 0.4) is 0 Å². The molecule has 0 aliphatic carbocycles. The summed E-state index contributed by atoms with van der Waals surface area (Å²) in [6.07, 6.45) is 3.48. The smallest absolute Gasteiger partial charge is 0.368 e. The largest absolute Gasteiger partial charge is 0.476 e. The summed E-state index contributed by atoms with van der Waals surface area (Å²) in [5.74, 6) is -1.59. The number of hydrogen-bond donors (Lipinski definition) is 1. The molecule has 0 aromatic heterocycles. The van der Waals surface area contributed by atoms with Crippen molar-refractivity contribution in [2.24, 2.45) is 5.92 Å². The molecule has 154 valence electrons. The van der Waals surface area contributed by atoms with Gasteiger partial charge in [-0.1, -0.05) is 13.3 Å². The molecule has 0 saturated heterocycles. The number of benzene rings is 2. The van der Waals surface area contributed by atoms with Gasteiger partial charge in [0, 0.05) is 22.9 Å². The fourth-order valence-corrected chi connectivity index (χ4v) is 4.81. The molecule has 0 radical (unpaired) electrons. The van der Waals surface area contributed by atoms with Gasteiger partial charge in [0.25, 0.3) is 0 Å². The lowest BCUT2D eigenvalue weighted by atomic mass is 10.1. The number of thioether (sulfide) groups is 2. The molecule has 1 aliphatic heterocycles. The summed E-state index contributed by atoms with van der Waals surface area (Å²) in [7, 11) is 0. The molecule has 1 N–H and O–H groups in total. The van der Waals surface area contributed by atoms with E-state index in [1.165, 1.54) is 23.9 Å². The van der Waals surface area contributed by atoms with Gasteiger partial charge in [0.05, 0.1) is 10.6 Å². The van der Waals surface area contributed by atoms with Gasteiger partial charge in [-0.05, 0) is 48.6 Å². The average Bonchev–Trinajstić information content (AvgIpc) is 2.90. The number of aliphatic carboxylic acids is 1. The molecule has 0 amide bonds. The van der Waals surface area contributed by atoms with E-state index in [0.717, 1.165) is 39.9 Å². The summed E-state index contributed by atoms with van der Waals surface area (Å²) < 4.78 is 32.1. The van der Waals surface area contributed by atoms with E-state index in [9.17, 15) is 13.6 Å². The summed E-state index contributed by atoms with van der Waals surface area (Å²) in [6, 6.07) is 10.2. The summed E-state index contributed by atoms with van der Waals surface area (Å²) in [5.41, 5.74) is 1.86. The van der Waals surface area contributed by atoms with Crippen LogP contribution in [-0.2, 0) is 4.79 Å². The van der Waals surface area contributed by atoms with Crippen molar-refractivity contribution in [1.82, 2.24) is 0 Å². The molecule has 0 fully saturated rings. The fourth-order valence-electron chi connectivity index (χ4n) is 3.00. The van der Waals surface area contributed by atoms with Crippen LogP contribution in [0.1, 0.15) is 13.3 Å². The zero-order valence-corrected chi connectivity index (χ0v) is 17.7. The molecule has 2 aromatic rings. The predicted octanol–water partition coefficient (Wildman–Crippen LogP) is 6.09. The fraction of sp³-hybridized carbons (Fsp3) is 0.286. The average molecular weight is 438 g/mol. The van der Waals surface area contributed by atoms with Crippen molar-refractivity contribution in [3.05, 3.63) is 54.3 Å². The number of rotatable bonds is 6. The molecule has 1 heterocycles. The molecule has 1 atom stereocenters. The van der Waals surface area contributed by atoms with Crippen molar-refractivity contribution in [3.8, 4) is 5.75 Å². The second-order valence-corrected chi connectivity index (χ2v) is 8.44. The van der Waals surface area contributed by atoms with Crippen LogP contribution in [0.15, 0.2) is 58.3 Å². The maximum Gasteiger partial charge on any atom is 0.368 e. The summed E-state index contributed by atoms with van der Waals surface area (Å²) in [6.45, 7) is 2.94. The van der Waals surface area contributed by atoms with Crippen LogP contribution in [0, 0.1) is 11.7 Å². The Balaban J connectivity index is 2.05. The van der Waals surface area contributed by atoms with Gasteiger partial charge in [0.15, 0.2) is 0 Å². The first-order valence-corrected chi connectivity index (χ1v) is 11.3. The zero-order valence-electron chi connectivity index (χ0n) is 16.0. The third-order valence-electron chi connectivity index (χ3n) is 4.66. The van der Waals surface area contributed by atoms with Crippen LogP contribution in [0.5, 0.6) is 5.75 Å². The van der Waals surface area contributed by atoms with Crippen molar-refractivity contribution in [3.63, 3.8) is 0 Å². The van der Waals surface area contributed by atoms with Crippen LogP contribution < -0.4 is 9.64 Å². The standard InChI is InChI=1S/C21H21F2NO3S2/c1-3-13-10-24(15-6-4-14(22)5-7-15)17-8-20(28-2)18(9-19(17)29-12-13)27-11-16(23)21(25)26/h4-9,11,13H,3,10,12H2,1-2H3,(H,25,26)/b16-11-. The second kappa shape index (κ2) is 9.54. The molecule has 3 rings (SSSR count). The van der Waals surface area contributed by atoms with Crippen molar-refractivity contribution < 1.29 is 23.4 Å². The molecule has 29 heavy (non-hydrogen) atoms. The van der Waals surface area contributed by atoms with E-state index in [-0.39, 0.29) is 5.82 Å². The normalized spacial score (nSPS) is 16.9. The molecule has 0 spiro atoms. The van der Waals surface area contributed by atoms with E-state index in [2.05, 4.69) is 11.8 Å². The zero-order chi connectivity index (χ0) is 21.0. The highest BCUT2D eigenvalue weighted by Crippen LogP contribution is 2.45. The van der Waals surface area contributed by atoms with Gasteiger partial charge >= 0.3 is 5.97 Å². The van der Waals surface area contributed by atoms with E-state index in [4.69, 9.17) is 9.84 Å². The van der Waals surface area contributed by atoms with Crippen LogP contribution in [0.4, 0.5) is 20.2 Å². The van der Waals surface area contributed by atoms with Crippen LogP contribution in [-0.4, -0.2) is 29.6 Å². The Kier molecular flexibility index (Phi) is 7.08. The van der Waals surface area contributed by atoms with Gasteiger partial charge < -0.3 is 14.7 Å². The number of anilines is 2. The third kappa shape index (κ3) is 5.05. The van der Waals surface area contributed by atoms with Crippen LogP contribution in [0.2, 0.25) is 0 Å². The minimum Gasteiger partial charge on any atom is -0.476 e. The Morgan fingerprint density at radius 2 is 2.10 bits per heavy atom. The summed E-state index contributed by atoms with van der Waals surface area (Å²) in [5, 5.41) is 8.69. The predicted molar refractivity (Wildman–Crippen MR) is 114 cm³/mol. The minimum absolute atomic E-state index is 0.286. The molecule has 0 saturated carbocycles. The molecule has 8 heteroatoms. The summed E-state index contributed by atoms with van der Waals surface area (Å²) in [4.78, 5) is 14.5. The van der Waals surface area contributed by atoms with E-state index < -0.39 is 11.8 Å². The highest BCUT2D eigenvalue weighted by Gasteiger charge is 2.25. The molecule has 1 aliphatic rings. The van der Waals surface area contributed by atoms with Crippen molar-refractivity contribution in [2.45, 2.75) is 23.1 Å². The quantitative estimate of drug-likeness (QED) is 0.335. The van der Waals surface area contributed by atoms with E-state index in [1.807, 2.05) is 18.4 Å². The Hall–Kier alpha value is -2.19. The number of carboxylic acid groups (broad SMARTS) is 1. The minimum atomic E-state index is -1.67. The monoisotopic (exact) mass is 437 g/mol. The first-order chi connectivity index (χ1) is 13.9. The summed E-state index contributed by atoms with van der Waals surface area (Å²) >= 11 is 3.10. The number of ether oxygens (including phenoxy) is 1. The number of carboxylic acids is 1. The SMILES string of the molecule is CCC1CSc2cc(O/C=C(\F)C(=O)O)c(SC)cc2N(c2ccc(F)cc2)C1. The molecule has 0 bridgehead atoms.